The van der Waals surface area contributed by atoms with Crippen LogP contribution in [0.2, 0.25) is 0 Å². The molecule has 0 spiro atoms. The number of aromatic nitrogens is 2. The number of amides is 1. The van der Waals surface area contributed by atoms with Crippen LogP contribution in [0.4, 0.5) is 5.95 Å². The van der Waals surface area contributed by atoms with Gasteiger partial charge in [-0.15, -0.1) is 0 Å². The smallest absolute Gasteiger partial charge is 0.254 e. The second kappa shape index (κ2) is 9.10. The molecule has 0 N–H and O–H groups in total. The van der Waals surface area contributed by atoms with Gasteiger partial charge in [-0.25, -0.2) is 4.98 Å². The maximum Gasteiger partial charge on any atom is 0.254 e. The molecule has 170 valence electrons. The average Bonchev–Trinajstić information content (AvgIpc) is 3.39. The number of methoxy groups -OCH3 is 1. The molecule has 3 aromatic rings. The van der Waals surface area contributed by atoms with E-state index in [0.717, 1.165) is 42.8 Å². The van der Waals surface area contributed by atoms with Crippen LogP contribution in [0.25, 0.3) is 0 Å². The summed E-state index contributed by atoms with van der Waals surface area (Å²) in [6, 6.07) is 15.2. The molecule has 1 aromatic heterocycles. The Bertz CT molecular complexity index is 1170. The molecule has 5 rings (SSSR count). The van der Waals surface area contributed by atoms with E-state index in [2.05, 4.69) is 4.90 Å². The number of hydrogen-bond acceptors (Lipinski definition) is 6. The van der Waals surface area contributed by atoms with E-state index in [1.165, 1.54) is 0 Å². The van der Waals surface area contributed by atoms with Crippen LogP contribution in [0.3, 0.4) is 0 Å². The first-order chi connectivity index (χ1) is 16.1. The fourth-order valence-electron chi connectivity index (χ4n) is 4.46. The molecule has 0 aliphatic carbocycles. The third kappa shape index (κ3) is 4.35. The van der Waals surface area contributed by atoms with E-state index in [-0.39, 0.29) is 5.91 Å². The molecule has 2 aromatic carbocycles. The molecule has 7 nitrogen and oxygen atoms in total. The number of hydrogen-bond donors (Lipinski definition) is 0. The molecule has 0 atom stereocenters. The van der Waals surface area contributed by atoms with Gasteiger partial charge in [0.15, 0.2) is 11.5 Å². The van der Waals surface area contributed by atoms with Gasteiger partial charge in [-0.05, 0) is 44.0 Å². The Kier molecular flexibility index (Phi) is 5.86. The maximum absolute atomic E-state index is 13.2. The lowest BCUT2D eigenvalue weighted by molar-refractivity contribution is 0.0731. The zero-order valence-electron chi connectivity index (χ0n) is 19.1. The molecule has 2 aliphatic heterocycles. The normalized spacial score (nSPS) is 15.3. The number of carbonyl (C=O) groups excluding carboxylic acids is 1. The van der Waals surface area contributed by atoms with Gasteiger partial charge in [-0.1, -0.05) is 29.8 Å². The zero-order chi connectivity index (χ0) is 22.8. The number of ether oxygens (including phenoxy) is 2. The van der Waals surface area contributed by atoms with Crippen LogP contribution in [0.5, 0.6) is 17.4 Å². The molecule has 1 fully saturated rings. The van der Waals surface area contributed by atoms with E-state index in [1.54, 1.807) is 7.11 Å². The summed E-state index contributed by atoms with van der Waals surface area (Å²) in [7, 11) is 1.62. The molecule has 1 amide bonds. The van der Waals surface area contributed by atoms with Gasteiger partial charge < -0.3 is 19.3 Å². The first-order valence-electron chi connectivity index (χ1n) is 11.4. The number of nitrogens with zero attached hydrogens (tertiary/aromatic N) is 4. The monoisotopic (exact) mass is 444 g/mol. The maximum atomic E-state index is 13.2. The SMILES string of the molecule is COc1ccccc1Oc1nc(N2CCCC2)nc2c1CN(C(=O)c1cccc(C)c1)CC2. The van der Waals surface area contributed by atoms with Crippen molar-refractivity contribution < 1.29 is 14.3 Å². The number of anilines is 1. The van der Waals surface area contributed by atoms with Gasteiger partial charge in [0.25, 0.3) is 5.91 Å². The Morgan fingerprint density at radius 3 is 2.52 bits per heavy atom. The van der Waals surface area contributed by atoms with Gasteiger partial charge in [-0.3, -0.25) is 4.79 Å². The summed E-state index contributed by atoms with van der Waals surface area (Å²) in [5.74, 6) is 2.44. The van der Waals surface area contributed by atoms with Crippen molar-refractivity contribution in [1.82, 2.24) is 14.9 Å². The molecule has 0 saturated carbocycles. The molecular weight excluding hydrogens is 416 g/mol. The summed E-state index contributed by atoms with van der Waals surface area (Å²) in [5.41, 5.74) is 3.57. The summed E-state index contributed by atoms with van der Waals surface area (Å²) < 4.78 is 11.8. The third-order valence-corrected chi connectivity index (χ3v) is 6.23. The van der Waals surface area contributed by atoms with E-state index >= 15 is 0 Å². The predicted octanol–water partition coefficient (Wildman–Crippen LogP) is 4.38. The Morgan fingerprint density at radius 1 is 0.970 bits per heavy atom. The second-order valence-corrected chi connectivity index (χ2v) is 8.55. The lowest BCUT2D eigenvalue weighted by Crippen LogP contribution is -2.37. The minimum absolute atomic E-state index is 0.0104. The first kappa shape index (κ1) is 21.2. The highest BCUT2D eigenvalue weighted by atomic mass is 16.5. The van der Waals surface area contributed by atoms with Crippen LogP contribution in [-0.2, 0) is 13.0 Å². The van der Waals surface area contributed by atoms with Crippen molar-refractivity contribution in [2.75, 3.05) is 31.6 Å². The molecule has 2 aliphatic rings. The fraction of sp³-hybridized carbons (Fsp3) is 0.346. The number of rotatable bonds is 5. The first-order valence-corrected chi connectivity index (χ1v) is 11.4. The topological polar surface area (TPSA) is 67.8 Å². The Hall–Kier alpha value is -3.61. The number of aryl methyl sites for hydroxylation is 1. The van der Waals surface area contributed by atoms with Crippen LogP contribution >= 0.6 is 0 Å². The van der Waals surface area contributed by atoms with Gasteiger partial charge in [0.2, 0.25) is 11.8 Å². The molecule has 0 unspecified atom stereocenters. The second-order valence-electron chi connectivity index (χ2n) is 8.55. The van der Waals surface area contributed by atoms with Crippen molar-refractivity contribution in [3.8, 4) is 17.4 Å². The number of carbonyl (C=O) groups is 1. The van der Waals surface area contributed by atoms with Crippen LogP contribution < -0.4 is 14.4 Å². The van der Waals surface area contributed by atoms with Crippen LogP contribution in [-0.4, -0.2) is 47.5 Å². The minimum Gasteiger partial charge on any atom is -0.493 e. The third-order valence-electron chi connectivity index (χ3n) is 6.23. The van der Waals surface area contributed by atoms with Gasteiger partial charge in [-0.2, -0.15) is 4.98 Å². The van der Waals surface area contributed by atoms with Crippen LogP contribution in [0.1, 0.15) is 40.0 Å². The van der Waals surface area contributed by atoms with Crippen molar-refractivity contribution in [3.05, 3.63) is 70.9 Å². The average molecular weight is 445 g/mol. The van der Waals surface area contributed by atoms with Crippen LogP contribution in [0.15, 0.2) is 48.5 Å². The van der Waals surface area contributed by atoms with E-state index < -0.39 is 0 Å². The standard InChI is InChI=1S/C26H28N4O3/c1-18-8-7-9-19(16-18)25(31)30-15-12-21-20(17-30)24(28-26(27-21)29-13-5-6-14-29)33-23-11-4-3-10-22(23)32-2/h3-4,7-11,16H,5-6,12-15,17H2,1-2H3. The highest BCUT2D eigenvalue weighted by Crippen LogP contribution is 2.36. The Morgan fingerprint density at radius 2 is 1.76 bits per heavy atom. The van der Waals surface area contributed by atoms with Crippen molar-refractivity contribution in [2.45, 2.75) is 32.7 Å². The van der Waals surface area contributed by atoms with Crippen molar-refractivity contribution in [1.29, 1.82) is 0 Å². The van der Waals surface area contributed by atoms with Crippen molar-refractivity contribution in [2.24, 2.45) is 0 Å². The molecule has 7 heteroatoms. The zero-order valence-corrected chi connectivity index (χ0v) is 19.1. The summed E-state index contributed by atoms with van der Waals surface area (Å²) in [5, 5.41) is 0. The summed E-state index contributed by atoms with van der Waals surface area (Å²) in [4.78, 5) is 27.0. The molecular formula is C26H28N4O3. The minimum atomic E-state index is 0.0104. The molecule has 0 bridgehead atoms. The largest absolute Gasteiger partial charge is 0.493 e. The molecule has 0 radical (unpaired) electrons. The van der Waals surface area contributed by atoms with E-state index in [1.807, 2.05) is 60.4 Å². The van der Waals surface area contributed by atoms with Crippen molar-refractivity contribution >= 4 is 11.9 Å². The Labute approximate surface area is 194 Å². The van der Waals surface area contributed by atoms with E-state index in [4.69, 9.17) is 19.4 Å². The Balaban J connectivity index is 1.50. The summed E-state index contributed by atoms with van der Waals surface area (Å²) in [6.07, 6.45) is 2.95. The van der Waals surface area contributed by atoms with Gasteiger partial charge in [0, 0.05) is 31.6 Å². The van der Waals surface area contributed by atoms with Gasteiger partial charge in [0.1, 0.15) is 0 Å². The summed E-state index contributed by atoms with van der Waals surface area (Å²) >= 11 is 0. The van der Waals surface area contributed by atoms with Crippen molar-refractivity contribution in [3.63, 3.8) is 0 Å². The highest BCUT2D eigenvalue weighted by Gasteiger charge is 2.29. The number of benzene rings is 2. The molecule has 1 saturated heterocycles. The van der Waals surface area contributed by atoms with Crippen LogP contribution in [0, 0.1) is 6.92 Å². The van der Waals surface area contributed by atoms with E-state index in [0.29, 0.717) is 48.4 Å². The van der Waals surface area contributed by atoms with E-state index in [9.17, 15) is 4.79 Å². The van der Waals surface area contributed by atoms with Gasteiger partial charge in [0.05, 0.1) is 24.9 Å². The predicted molar refractivity (Wildman–Crippen MR) is 126 cm³/mol. The lowest BCUT2D eigenvalue weighted by Gasteiger charge is -2.30. The molecule has 3 heterocycles. The quantitative estimate of drug-likeness (QED) is 0.582. The summed E-state index contributed by atoms with van der Waals surface area (Å²) in [6.45, 7) is 4.92. The number of para-hydroxylation sites is 2. The highest BCUT2D eigenvalue weighted by molar-refractivity contribution is 5.94. The lowest BCUT2D eigenvalue weighted by atomic mass is 10.0. The molecule has 33 heavy (non-hydrogen) atoms. The number of fused-ring (bicyclic) bond motifs is 1. The fourth-order valence-corrected chi connectivity index (χ4v) is 4.46. The van der Waals surface area contributed by atoms with Gasteiger partial charge >= 0.3 is 0 Å².